The second-order valence-electron chi connectivity index (χ2n) is 6.88. The molecule has 2 heterocycles. The van der Waals surface area contributed by atoms with Crippen LogP contribution in [-0.4, -0.2) is 58.2 Å². The number of nitrogens with two attached hydrogens (primary N) is 1. The number of hydrogen-bond acceptors (Lipinski definition) is 6. The van der Waals surface area contributed by atoms with Gasteiger partial charge in [0.15, 0.2) is 0 Å². The molecule has 4 rings (SSSR count). The molecule has 1 atom stereocenters. The van der Waals surface area contributed by atoms with Crippen molar-refractivity contribution in [2.75, 3.05) is 31.9 Å². The Morgan fingerprint density at radius 1 is 1.19 bits per heavy atom. The molecule has 0 spiro atoms. The number of nitrogen functional groups attached to an aromatic ring is 1. The summed E-state index contributed by atoms with van der Waals surface area (Å²) in [7, 11) is 0. The average molecular weight is 372 g/mol. The fraction of sp³-hybridized carbons (Fsp3) is 0.500. The van der Waals surface area contributed by atoms with E-state index in [-0.39, 0.29) is 6.03 Å². The molecule has 1 aromatic heterocycles. The number of nitrogens with zero attached hydrogens (tertiary/aromatic N) is 4. The molecule has 3 N–H and O–H groups in total. The summed E-state index contributed by atoms with van der Waals surface area (Å²) in [5, 5.41) is 11.8. The van der Waals surface area contributed by atoms with E-state index < -0.39 is 0 Å². The van der Waals surface area contributed by atoms with Crippen LogP contribution in [0.2, 0.25) is 0 Å². The van der Waals surface area contributed by atoms with Gasteiger partial charge in [-0.3, -0.25) is 4.90 Å². The summed E-state index contributed by atoms with van der Waals surface area (Å²) in [6.45, 7) is 3.79. The van der Waals surface area contributed by atoms with Gasteiger partial charge in [0.2, 0.25) is 5.13 Å². The normalized spacial score (nSPS) is 20.6. The highest BCUT2D eigenvalue weighted by Crippen LogP contribution is 2.25. The number of carbonyl (C=O) groups excluding carboxylic acids is 1. The van der Waals surface area contributed by atoms with Crippen LogP contribution in [0.1, 0.15) is 22.6 Å². The van der Waals surface area contributed by atoms with Crippen molar-refractivity contribution in [1.29, 1.82) is 0 Å². The number of rotatable bonds is 3. The lowest BCUT2D eigenvalue weighted by molar-refractivity contribution is 0.101. The Kier molecular flexibility index (Phi) is 5.03. The fourth-order valence-electron chi connectivity index (χ4n) is 3.88. The van der Waals surface area contributed by atoms with E-state index in [4.69, 9.17) is 5.73 Å². The molecular formula is C18H24N6OS. The molecule has 0 radical (unpaired) electrons. The van der Waals surface area contributed by atoms with Gasteiger partial charge >= 0.3 is 6.03 Å². The third kappa shape index (κ3) is 3.81. The highest BCUT2D eigenvalue weighted by Gasteiger charge is 2.28. The van der Waals surface area contributed by atoms with Crippen LogP contribution in [0.4, 0.5) is 9.93 Å². The predicted molar refractivity (Wildman–Crippen MR) is 102 cm³/mol. The summed E-state index contributed by atoms with van der Waals surface area (Å²) < 4.78 is 0. The van der Waals surface area contributed by atoms with E-state index in [1.165, 1.54) is 28.9 Å². The zero-order valence-electron chi connectivity index (χ0n) is 14.7. The Morgan fingerprint density at radius 2 is 1.96 bits per heavy atom. The van der Waals surface area contributed by atoms with E-state index in [2.05, 4.69) is 44.7 Å². The molecule has 1 aromatic carbocycles. The molecule has 2 amide bonds. The first kappa shape index (κ1) is 17.2. The number of piperazine rings is 1. The van der Waals surface area contributed by atoms with Crippen LogP contribution in [-0.2, 0) is 19.4 Å². The summed E-state index contributed by atoms with van der Waals surface area (Å²) in [6.07, 6.45) is 3.50. The SMILES string of the molecule is Nc1nnc(CNC(=O)N2CCN([C@H]3CCc4ccccc4C3)CC2)s1. The summed E-state index contributed by atoms with van der Waals surface area (Å²) in [6, 6.07) is 9.33. The number of fused-ring (bicyclic) bond motifs is 1. The van der Waals surface area contributed by atoms with Crippen LogP contribution >= 0.6 is 11.3 Å². The van der Waals surface area contributed by atoms with Crippen molar-refractivity contribution in [2.24, 2.45) is 0 Å². The second kappa shape index (κ2) is 7.59. The summed E-state index contributed by atoms with van der Waals surface area (Å²) in [5.74, 6) is 0. The van der Waals surface area contributed by atoms with Crippen molar-refractivity contribution in [3.8, 4) is 0 Å². The van der Waals surface area contributed by atoms with Crippen molar-refractivity contribution in [1.82, 2.24) is 25.3 Å². The van der Waals surface area contributed by atoms with Crippen LogP contribution < -0.4 is 11.1 Å². The smallest absolute Gasteiger partial charge is 0.317 e. The maximum Gasteiger partial charge on any atom is 0.317 e. The standard InChI is InChI=1S/C18H24N6OS/c19-17-22-21-16(26-17)12-20-18(25)24-9-7-23(8-10-24)15-6-5-13-3-1-2-4-14(13)11-15/h1-4,15H,5-12H2,(H2,19,22)(H,20,25)/t15-/m0/s1. The van der Waals surface area contributed by atoms with Crippen LogP contribution in [0.15, 0.2) is 24.3 Å². The minimum absolute atomic E-state index is 0.0348. The second-order valence-corrected chi connectivity index (χ2v) is 7.97. The molecular weight excluding hydrogens is 348 g/mol. The van der Waals surface area contributed by atoms with Crippen LogP contribution in [0.5, 0.6) is 0 Å². The molecule has 2 aromatic rings. The lowest BCUT2D eigenvalue weighted by atomic mass is 9.87. The predicted octanol–water partition coefficient (Wildman–Crippen LogP) is 1.51. The summed E-state index contributed by atoms with van der Waals surface area (Å²) >= 11 is 1.30. The van der Waals surface area contributed by atoms with E-state index in [0.717, 1.165) is 44.0 Å². The number of urea groups is 1. The maximum absolute atomic E-state index is 12.3. The molecule has 2 aliphatic rings. The summed E-state index contributed by atoms with van der Waals surface area (Å²) in [4.78, 5) is 16.8. The Bertz CT molecular complexity index is 771. The third-order valence-corrected chi connectivity index (χ3v) is 6.06. The number of hydrogen-bond donors (Lipinski definition) is 2. The van der Waals surface area contributed by atoms with E-state index in [9.17, 15) is 4.79 Å². The first-order chi connectivity index (χ1) is 12.7. The number of aromatic nitrogens is 2. The third-order valence-electron chi connectivity index (χ3n) is 5.31. The van der Waals surface area contributed by atoms with Crippen molar-refractivity contribution >= 4 is 22.5 Å². The molecule has 26 heavy (non-hydrogen) atoms. The van der Waals surface area contributed by atoms with Gasteiger partial charge in [0.05, 0.1) is 6.54 Å². The van der Waals surface area contributed by atoms with E-state index in [1.54, 1.807) is 0 Å². The lowest BCUT2D eigenvalue weighted by Crippen LogP contribution is -2.55. The molecule has 1 saturated heterocycles. The van der Waals surface area contributed by atoms with E-state index >= 15 is 0 Å². The van der Waals surface area contributed by atoms with Gasteiger partial charge in [-0.2, -0.15) is 0 Å². The molecule has 0 bridgehead atoms. The molecule has 0 unspecified atom stereocenters. The Morgan fingerprint density at radius 3 is 2.69 bits per heavy atom. The highest BCUT2D eigenvalue weighted by atomic mass is 32.1. The van der Waals surface area contributed by atoms with Gasteiger partial charge in [-0.1, -0.05) is 35.6 Å². The van der Waals surface area contributed by atoms with E-state index in [1.807, 2.05) is 4.90 Å². The fourth-order valence-corrected chi connectivity index (χ4v) is 4.43. The van der Waals surface area contributed by atoms with Gasteiger partial charge in [-0.25, -0.2) is 4.79 Å². The first-order valence-electron chi connectivity index (χ1n) is 9.10. The number of aryl methyl sites for hydroxylation is 1. The molecule has 0 saturated carbocycles. The average Bonchev–Trinajstić information content (AvgIpc) is 3.11. The maximum atomic E-state index is 12.3. The zero-order chi connectivity index (χ0) is 17.9. The molecule has 8 heteroatoms. The minimum Gasteiger partial charge on any atom is -0.374 e. The molecule has 138 valence electrons. The minimum atomic E-state index is -0.0348. The number of carbonyl (C=O) groups is 1. The van der Waals surface area contributed by atoms with E-state index in [0.29, 0.717) is 17.7 Å². The highest BCUT2D eigenvalue weighted by molar-refractivity contribution is 7.15. The zero-order valence-corrected chi connectivity index (χ0v) is 15.5. The largest absolute Gasteiger partial charge is 0.374 e. The number of nitrogens with one attached hydrogen (secondary N) is 1. The number of amides is 2. The molecule has 7 nitrogen and oxygen atoms in total. The van der Waals surface area contributed by atoms with Crippen molar-refractivity contribution < 1.29 is 4.79 Å². The van der Waals surface area contributed by atoms with Crippen LogP contribution in [0, 0.1) is 0 Å². The lowest BCUT2D eigenvalue weighted by Gasteiger charge is -2.41. The Labute approximate surface area is 157 Å². The molecule has 1 fully saturated rings. The Balaban J connectivity index is 1.26. The summed E-state index contributed by atoms with van der Waals surface area (Å²) in [5.41, 5.74) is 8.55. The van der Waals surface area contributed by atoms with Gasteiger partial charge in [0, 0.05) is 32.2 Å². The van der Waals surface area contributed by atoms with Crippen molar-refractivity contribution in [2.45, 2.75) is 31.8 Å². The number of benzene rings is 1. The van der Waals surface area contributed by atoms with Gasteiger partial charge in [-0.15, -0.1) is 10.2 Å². The topological polar surface area (TPSA) is 87.4 Å². The first-order valence-corrected chi connectivity index (χ1v) is 9.92. The quantitative estimate of drug-likeness (QED) is 0.853. The number of anilines is 1. The van der Waals surface area contributed by atoms with Gasteiger partial charge in [0.25, 0.3) is 0 Å². The molecule has 1 aliphatic heterocycles. The monoisotopic (exact) mass is 372 g/mol. The van der Waals surface area contributed by atoms with Crippen LogP contribution in [0.25, 0.3) is 0 Å². The van der Waals surface area contributed by atoms with Crippen molar-refractivity contribution in [3.63, 3.8) is 0 Å². The van der Waals surface area contributed by atoms with Gasteiger partial charge in [0.1, 0.15) is 5.01 Å². The van der Waals surface area contributed by atoms with Crippen LogP contribution in [0.3, 0.4) is 0 Å². The Hall–Kier alpha value is -2.19. The molecule has 1 aliphatic carbocycles. The van der Waals surface area contributed by atoms with Gasteiger partial charge < -0.3 is 16.0 Å². The van der Waals surface area contributed by atoms with Gasteiger partial charge in [-0.05, 0) is 30.4 Å². The van der Waals surface area contributed by atoms with Crippen molar-refractivity contribution in [3.05, 3.63) is 40.4 Å².